The standard InChI is InChI=1S/C23H28FN5O/c1-15-25-22(28-30-15)20-14-16-13-17(24)7-8-21(16)27-23(20)29-11-9-19(10-12-29)26-18-5-3-2-4-6-18/h7-8,13-14,18-19,26H,2-6,9-12H2,1H3. The van der Waals surface area contributed by atoms with Gasteiger partial charge in [0.15, 0.2) is 0 Å². The number of aromatic nitrogens is 3. The normalized spacial score (nSPS) is 18.9. The molecule has 0 radical (unpaired) electrons. The van der Waals surface area contributed by atoms with Crippen molar-refractivity contribution in [2.24, 2.45) is 0 Å². The van der Waals surface area contributed by atoms with Crippen LogP contribution in [0.4, 0.5) is 10.2 Å². The molecule has 3 aromatic rings. The summed E-state index contributed by atoms with van der Waals surface area (Å²) in [7, 11) is 0. The van der Waals surface area contributed by atoms with Gasteiger partial charge in [-0.15, -0.1) is 0 Å². The van der Waals surface area contributed by atoms with E-state index < -0.39 is 0 Å². The van der Waals surface area contributed by atoms with E-state index in [0.29, 0.717) is 23.8 Å². The fraction of sp³-hybridized carbons (Fsp3) is 0.522. The molecule has 2 fully saturated rings. The summed E-state index contributed by atoms with van der Waals surface area (Å²) in [5, 5.41) is 8.73. The lowest BCUT2D eigenvalue weighted by Gasteiger charge is -2.36. The molecular formula is C23H28FN5O. The predicted octanol–water partition coefficient (Wildman–Crippen LogP) is 4.62. The number of halogens is 1. The number of aryl methyl sites for hydroxylation is 1. The van der Waals surface area contributed by atoms with Crippen molar-refractivity contribution in [3.63, 3.8) is 0 Å². The molecule has 0 spiro atoms. The first-order chi connectivity index (χ1) is 14.7. The minimum atomic E-state index is -0.276. The number of piperidine rings is 1. The van der Waals surface area contributed by atoms with Gasteiger partial charge in [-0.1, -0.05) is 24.4 Å². The topological polar surface area (TPSA) is 67.1 Å². The third-order valence-electron chi connectivity index (χ3n) is 6.40. The molecule has 0 atom stereocenters. The van der Waals surface area contributed by atoms with Crippen molar-refractivity contribution in [2.75, 3.05) is 18.0 Å². The summed E-state index contributed by atoms with van der Waals surface area (Å²) < 4.78 is 19.0. The van der Waals surface area contributed by atoms with E-state index in [9.17, 15) is 4.39 Å². The van der Waals surface area contributed by atoms with Crippen LogP contribution in [-0.2, 0) is 0 Å². The fourth-order valence-corrected chi connectivity index (χ4v) is 4.81. The van der Waals surface area contributed by atoms with Gasteiger partial charge in [0.05, 0.1) is 11.1 Å². The van der Waals surface area contributed by atoms with Gasteiger partial charge < -0.3 is 14.7 Å². The number of anilines is 1. The minimum absolute atomic E-state index is 0.276. The van der Waals surface area contributed by atoms with Crippen molar-refractivity contribution in [2.45, 2.75) is 64.0 Å². The van der Waals surface area contributed by atoms with Gasteiger partial charge in [0, 0.05) is 37.5 Å². The van der Waals surface area contributed by atoms with Crippen molar-refractivity contribution in [1.82, 2.24) is 20.4 Å². The van der Waals surface area contributed by atoms with Crippen LogP contribution in [0.5, 0.6) is 0 Å². The summed E-state index contributed by atoms with van der Waals surface area (Å²) in [5.74, 6) is 1.59. The maximum absolute atomic E-state index is 13.8. The number of nitrogens with zero attached hydrogens (tertiary/aromatic N) is 4. The van der Waals surface area contributed by atoms with E-state index in [1.807, 2.05) is 6.07 Å². The van der Waals surface area contributed by atoms with Crippen LogP contribution < -0.4 is 10.2 Å². The van der Waals surface area contributed by atoms with Gasteiger partial charge in [-0.2, -0.15) is 4.98 Å². The monoisotopic (exact) mass is 409 g/mol. The maximum atomic E-state index is 13.8. The highest BCUT2D eigenvalue weighted by Gasteiger charge is 2.26. The van der Waals surface area contributed by atoms with Crippen LogP contribution in [0.1, 0.15) is 50.8 Å². The first-order valence-electron chi connectivity index (χ1n) is 11.1. The molecule has 1 N–H and O–H groups in total. The number of pyridine rings is 1. The summed E-state index contributed by atoms with van der Waals surface area (Å²) in [5.41, 5.74) is 1.57. The van der Waals surface area contributed by atoms with E-state index in [-0.39, 0.29) is 5.82 Å². The van der Waals surface area contributed by atoms with Crippen LogP contribution in [0, 0.1) is 12.7 Å². The van der Waals surface area contributed by atoms with Gasteiger partial charge in [0.2, 0.25) is 11.7 Å². The average molecular weight is 410 g/mol. The Hall–Kier alpha value is -2.54. The van der Waals surface area contributed by atoms with Gasteiger partial charge in [0.25, 0.3) is 0 Å². The van der Waals surface area contributed by atoms with Crippen LogP contribution in [0.15, 0.2) is 28.8 Å². The van der Waals surface area contributed by atoms with Crippen molar-refractivity contribution in [3.8, 4) is 11.4 Å². The Bertz CT molecular complexity index is 1020. The molecule has 30 heavy (non-hydrogen) atoms. The van der Waals surface area contributed by atoms with Crippen molar-refractivity contribution >= 4 is 16.7 Å². The summed E-state index contributed by atoms with van der Waals surface area (Å²) in [6.45, 7) is 3.62. The minimum Gasteiger partial charge on any atom is -0.356 e. The van der Waals surface area contributed by atoms with Crippen LogP contribution in [0.25, 0.3) is 22.3 Å². The van der Waals surface area contributed by atoms with Gasteiger partial charge >= 0.3 is 0 Å². The number of benzene rings is 1. The highest BCUT2D eigenvalue weighted by molar-refractivity contribution is 5.88. The quantitative estimate of drug-likeness (QED) is 0.678. The number of rotatable bonds is 4. The second-order valence-corrected chi connectivity index (χ2v) is 8.60. The molecule has 1 aliphatic carbocycles. The third kappa shape index (κ3) is 4.03. The number of fused-ring (bicyclic) bond motifs is 1. The number of nitrogens with one attached hydrogen (secondary N) is 1. The van der Waals surface area contributed by atoms with Crippen LogP contribution in [0.3, 0.4) is 0 Å². The molecule has 0 amide bonds. The zero-order valence-corrected chi connectivity index (χ0v) is 17.4. The Kier molecular flexibility index (Phi) is 5.37. The second kappa shape index (κ2) is 8.30. The zero-order chi connectivity index (χ0) is 20.5. The third-order valence-corrected chi connectivity index (χ3v) is 6.40. The molecule has 0 bridgehead atoms. The van der Waals surface area contributed by atoms with Crippen molar-refractivity contribution in [3.05, 3.63) is 36.0 Å². The van der Waals surface area contributed by atoms with E-state index >= 15 is 0 Å². The zero-order valence-electron chi connectivity index (χ0n) is 17.4. The van der Waals surface area contributed by atoms with E-state index in [0.717, 1.165) is 48.2 Å². The summed E-state index contributed by atoms with van der Waals surface area (Å²) in [4.78, 5) is 11.6. The van der Waals surface area contributed by atoms with Gasteiger partial charge in [0.1, 0.15) is 11.6 Å². The van der Waals surface area contributed by atoms with Crippen molar-refractivity contribution < 1.29 is 8.91 Å². The molecule has 2 aromatic heterocycles. The molecule has 1 saturated carbocycles. The van der Waals surface area contributed by atoms with E-state index in [2.05, 4.69) is 20.4 Å². The molecule has 5 rings (SSSR count). The van der Waals surface area contributed by atoms with E-state index in [4.69, 9.17) is 9.51 Å². The number of hydrogen-bond donors (Lipinski definition) is 1. The molecule has 158 valence electrons. The Morgan fingerprint density at radius 2 is 1.77 bits per heavy atom. The first kappa shape index (κ1) is 19.4. The molecule has 6 nitrogen and oxygen atoms in total. The lowest BCUT2D eigenvalue weighted by molar-refractivity contribution is 0.307. The van der Waals surface area contributed by atoms with E-state index in [1.165, 1.54) is 44.2 Å². The van der Waals surface area contributed by atoms with Crippen LogP contribution in [-0.4, -0.2) is 40.3 Å². The maximum Gasteiger partial charge on any atom is 0.223 e. The smallest absolute Gasteiger partial charge is 0.223 e. The SMILES string of the molecule is Cc1nc(-c2cc3cc(F)ccc3nc2N2CCC(NC3CCCCC3)CC2)no1. The van der Waals surface area contributed by atoms with Crippen molar-refractivity contribution in [1.29, 1.82) is 0 Å². The Morgan fingerprint density at radius 3 is 2.50 bits per heavy atom. The molecule has 1 saturated heterocycles. The molecule has 0 unspecified atom stereocenters. The lowest BCUT2D eigenvalue weighted by atomic mass is 9.93. The van der Waals surface area contributed by atoms with E-state index in [1.54, 1.807) is 13.0 Å². The van der Waals surface area contributed by atoms with Crippen LogP contribution in [0.2, 0.25) is 0 Å². The molecular weight excluding hydrogens is 381 g/mol. The molecule has 3 heterocycles. The predicted molar refractivity (Wildman–Crippen MR) is 115 cm³/mol. The highest BCUT2D eigenvalue weighted by Crippen LogP contribution is 2.33. The Morgan fingerprint density at radius 1 is 1.00 bits per heavy atom. The largest absolute Gasteiger partial charge is 0.356 e. The number of hydrogen-bond acceptors (Lipinski definition) is 6. The fourth-order valence-electron chi connectivity index (χ4n) is 4.81. The molecule has 7 heteroatoms. The summed E-state index contributed by atoms with van der Waals surface area (Å²) >= 11 is 0. The Labute approximate surface area is 175 Å². The average Bonchev–Trinajstić information content (AvgIpc) is 3.20. The van der Waals surface area contributed by atoms with Gasteiger partial charge in [-0.05, 0) is 49.9 Å². The van der Waals surface area contributed by atoms with Gasteiger partial charge in [-0.3, -0.25) is 0 Å². The highest BCUT2D eigenvalue weighted by atomic mass is 19.1. The summed E-state index contributed by atoms with van der Waals surface area (Å²) in [6, 6.07) is 7.87. The summed E-state index contributed by atoms with van der Waals surface area (Å²) in [6.07, 6.45) is 8.88. The Balaban J connectivity index is 1.40. The molecule has 1 aliphatic heterocycles. The lowest BCUT2D eigenvalue weighted by Crippen LogP contribution is -2.47. The first-order valence-corrected chi connectivity index (χ1v) is 11.1. The van der Waals surface area contributed by atoms with Crippen LogP contribution >= 0.6 is 0 Å². The molecule has 1 aromatic carbocycles. The van der Waals surface area contributed by atoms with Gasteiger partial charge in [-0.25, -0.2) is 9.37 Å². The molecule has 2 aliphatic rings. The second-order valence-electron chi connectivity index (χ2n) is 8.60.